The lowest BCUT2D eigenvalue weighted by Gasteiger charge is -2.11. The Labute approximate surface area is 120 Å². The van der Waals surface area contributed by atoms with E-state index in [0.29, 0.717) is 6.54 Å². The molecule has 19 heavy (non-hydrogen) atoms. The highest BCUT2D eigenvalue weighted by Gasteiger charge is 2.16. The number of alkyl halides is 1. The van der Waals surface area contributed by atoms with Crippen LogP contribution in [0.15, 0.2) is 24.3 Å². The Morgan fingerprint density at radius 2 is 1.95 bits per heavy atom. The summed E-state index contributed by atoms with van der Waals surface area (Å²) in [6.07, 6.45) is 4.55. The fourth-order valence-corrected chi connectivity index (χ4v) is 2.00. The standard InChI is InChI=1S/C15H22ClNO2/c1-3-4-5-6-11-17-15(18)14(16)12-7-9-13(19-2)10-8-12/h7-10,14H,3-6,11H2,1-2H3,(H,17,18). The molecule has 0 spiro atoms. The molecule has 0 aliphatic carbocycles. The highest BCUT2D eigenvalue weighted by molar-refractivity contribution is 6.30. The SMILES string of the molecule is CCCCCCNC(=O)C(Cl)c1ccc(OC)cc1. The van der Waals surface area contributed by atoms with Crippen molar-refractivity contribution >= 4 is 17.5 Å². The first-order valence-electron chi connectivity index (χ1n) is 6.74. The molecule has 1 unspecified atom stereocenters. The lowest BCUT2D eigenvalue weighted by molar-refractivity contribution is -0.120. The van der Waals surface area contributed by atoms with E-state index in [1.807, 2.05) is 12.1 Å². The van der Waals surface area contributed by atoms with Gasteiger partial charge in [0.2, 0.25) is 5.91 Å². The number of ether oxygens (including phenoxy) is 1. The number of unbranched alkanes of at least 4 members (excludes halogenated alkanes) is 3. The van der Waals surface area contributed by atoms with Gasteiger partial charge >= 0.3 is 0 Å². The van der Waals surface area contributed by atoms with Crippen LogP contribution in [0.4, 0.5) is 0 Å². The van der Waals surface area contributed by atoms with Crippen LogP contribution in [0.1, 0.15) is 43.5 Å². The maximum Gasteiger partial charge on any atom is 0.242 e. The zero-order valence-electron chi connectivity index (χ0n) is 11.6. The minimum atomic E-state index is -0.642. The first-order chi connectivity index (χ1) is 9.19. The van der Waals surface area contributed by atoms with Crippen LogP contribution >= 0.6 is 11.6 Å². The molecule has 1 N–H and O–H groups in total. The van der Waals surface area contributed by atoms with E-state index >= 15 is 0 Å². The van der Waals surface area contributed by atoms with E-state index in [0.717, 1.165) is 24.2 Å². The van der Waals surface area contributed by atoms with Gasteiger partial charge in [-0.05, 0) is 24.1 Å². The predicted molar refractivity (Wildman–Crippen MR) is 78.7 cm³/mol. The monoisotopic (exact) mass is 283 g/mol. The van der Waals surface area contributed by atoms with Crippen molar-refractivity contribution < 1.29 is 9.53 Å². The molecule has 0 fully saturated rings. The number of benzene rings is 1. The van der Waals surface area contributed by atoms with Crippen LogP contribution in [0.25, 0.3) is 0 Å². The van der Waals surface area contributed by atoms with Crippen molar-refractivity contribution in [2.75, 3.05) is 13.7 Å². The van der Waals surface area contributed by atoms with Gasteiger partial charge in [-0.2, -0.15) is 0 Å². The van der Waals surface area contributed by atoms with Crippen LogP contribution in [0, 0.1) is 0 Å². The van der Waals surface area contributed by atoms with E-state index in [9.17, 15) is 4.79 Å². The third kappa shape index (κ3) is 5.52. The molecule has 0 heterocycles. The average Bonchev–Trinajstić information content (AvgIpc) is 2.46. The minimum absolute atomic E-state index is 0.136. The third-order valence-corrected chi connectivity index (χ3v) is 3.42. The van der Waals surface area contributed by atoms with Gasteiger partial charge in [-0.3, -0.25) is 4.79 Å². The van der Waals surface area contributed by atoms with Gasteiger partial charge in [0.05, 0.1) is 7.11 Å². The molecule has 1 aromatic carbocycles. The van der Waals surface area contributed by atoms with E-state index < -0.39 is 5.38 Å². The van der Waals surface area contributed by atoms with Crippen molar-refractivity contribution in [3.8, 4) is 5.75 Å². The van der Waals surface area contributed by atoms with Crippen molar-refractivity contribution in [3.63, 3.8) is 0 Å². The molecule has 1 atom stereocenters. The number of halogens is 1. The van der Waals surface area contributed by atoms with Crippen molar-refractivity contribution in [3.05, 3.63) is 29.8 Å². The second-order valence-electron chi connectivity index (χ2n) is 4.49. The van der Waals surface area contributed by atoms with Gasteiger partial charge in [0.1, 0.15) is 11.1 Å². The van der Waals surface area contributed by atoms with Gasteiger partial charge in [0.15, 0.2) is 0 Å². The third-order valence-electron chi connectivity index (χ3n) is 2.97. The number of carbonyl (C=O) groups is 1. The van der Waals surface area contributed by atoms with Crippen molar-refractivity contribution in [2.45, 2.75) is 38.0 Å². The molecule has 1 rings (SSSR count). The molecule has 0 bridgehead atoms. The Kier molecular flexibility index (Phi) is 7.34. The molecule has 4 heteroatoms. The van der Waals surface area contributed by atoms with Crippen LogP contribution in [0.3, 0.4) is 0 Å². The van der Waals surface area contributed by atoms with Crippen LogP contribution in [-0.4, -0.2) is 19.6 Å². The second kappa shape index (κ2) is 8.81. The molecule has 1 aromatic rings. The summed E-state index contributed by atoms with van der Waals surface area (Å²) in [5.41, 5.74) is 0.786. The van der Waals surface area contributed by atoms with Gasteiger partial charge in [0.25, 0.3) is 0 Å². The molecule has 3 nitrogen and oxygen atoms in total. The lowest BCUT2D eigenvalue weighted by atomic mass is 10.1. The van der Waals surface area contributed by atoms with Crippen molar-refractivity contribution in [2.24, 2.45) is 0 Å². The Morgan fingerprint density at radius 3 is 2.53 bits per heavy atom. The van der Waals surface area contributed by atoms with Crippen LogP contribution in [0.5, 0.6) is 5.75 Å². The molecule has 0 saturated carbocycles. The Hall–Kier alpha value is -1.22. The molecular formula is C15H22ClNO2. The summed E-state index contributed by atoms with van der Waals surface area (Å²) in [6, 6.07) is 7.23. The first-order valence-corrected chi connectivity index (χ1v) is 7.18. The van der Waals surface area contributed by atoms with Crippen molar-refractivity contribution in [1.29, 1.82) is 0 Å². The zero-order valence-corrected chi connectivity index (χ0v) is 12.4. The maximum absolute atomic E-state index is 11.9. The van der Waals surface area contributed by atoms with E-state index in [4.69, 9.17) is 16.3 Å². The summed E-state index contributed by atoms with van der Waals surface area (Å²) in [6.45, 7) is 2.86. The largest absolute Gasteiger partial charge is 0.497 e. The maximum atomic E-state index is 11.9. The van der Waals surface area contributed by atoms with Gasteiger partial charge in [-0.1, -0.05) is 38.3 Å². The summed E-state index contributed by atoms with van der Waals surface area (Å²) in [7, 11) is 1.61. The topological polar surface area (TPSA) is 38.3 Å². The molecule has 0 aliphatic rings. The molecule has 0 saturated heterocycles. The van der Waals surface area contributed by atoms with Gasteiger partial charge in [-0.15, -0.1) is 11.6 Å². The van der Waals surface area contributed by atoms with Gasteiger partial charge in [0, 0.05) is 6.54 Å². The average molecular weight is 284 g/mol. The molecule has 106 valence electrons. The number of nitrogens with one attached hydrogen (secondary N) is 1. The summed E-state index contributed by atoms with van der Waals surface area (Å²) >= 11 is 6.14. The molecule has 0 radical (unpaired) electrons. The normalized spacial score (nSPS) is 11.9. The molecule has 0 aromatic heterocycles. The van der Waals surface area contributed by atoms with Crippen LogP contribution < -0.4 is 10.1 Å². The number of hydrogen-bond acceptors (Lipinski definition) is 2. The zero-order chi connectivity index (χ0) is 14.1. The lowest BCUT2D eigenvalue weighted by Crippen LogP contribution is -2.27. The Morgan fingerprint density at radius 1 is 1.26 bits per heavy atom. The number of methoxy groups -OCH3 is 1. The highest BCUT2D eigenvalue weighted by Crippen LogP contribution is 2.23. The Bertz CT molecular complexity index is 378. The summed E-state index contributed by atoms with van der Waals surface area (Å²) < 4.78 is 5.07. The highest BCUT2D eigenvalue weighted by atomic mass is 35.5. The summed E-state index contributed by atoms with van der Waals surface area (Å²) in [4.78, 5) is 11.9. The van der Waals surface area contributed by atoms with E-state index in [2.05, 4.69) is 12.2 Å². The summed E-state index contributed by atoms with van der Waals surface area (Å²) in [5, 5.41) is 2.22. The van der Waals surface area contributed by atoms with Crippen LogP contribution in [-0.2, 0) is 4.79 Å². The summed E-state index contributed by atoms with van der Waals surface area (Å²) in [5.74, 6) is 0.621. The number of carbonyl (C=O) groups excluding carboxylic acids is 1. The quantitative estimate of drug-likeness (QED) is 0.584. The van der Waals surface area contributed by atoms with E-state index in [1.54, 1.807) is 19.2 Å². The fourth-order valence-electron chi connectivity index (χ4n) is 1.78. The molecule has 0 aliphatic heterocycles. The van der Waals surface area contributed by atoms with Crippen molar-refractivity contribution in [1.82, 2.24) is 5.32 Å². The van der Waals surface area contributed by atoms with Gasteiger partial charge in [-0.25, -0.2) is 0 Å². The minimum Gasteiger partial charge on any atom is -0.497 e. The number of rotatable bonds is 8. The van der Waals surface area contributed by atoms with Gasteiger partial charge < -0.3 is 10.1 Å². The molecule has 1 amide bonds. The first kappa shape index (κ1) is 15.8. The van der Waals surface area contributed by atoms with E-state index in [1.165, 1.54) is 12.8 Å². The Balaban J connectivity index is 2.38. The smallest absolute Gasteiger partial charge is 0.242 e. The number of amides is 1. The predicted octanol–water partition coefficient (Wildman–Crippen LogP) is 3.67. The van der Waals surface area contributed by atoms with E-state index in [-0.39, 0.29) is 5.91 Å². The fraction of sp³-hybridized carbons (Fsp3) is 0.533. The molecular weight excluding hydrogens is 262 g/mol. The number of hydrogen-bond donors (Lipinski definition) is 1. The van der Waals surface area contributed by atoms with Crippen LogP contribution in [0.2, 0.25) is 0 Å². The second-order valence-corrected chi connectivity index (χ2v) is 4.92.